The zero-order valence-corrected chi connectivity index (χ0v) is 19.8. The lowest BCUT2D eigenvalue weighted by Crippen LogP contribution is -2.04. The molecule has 0 amide bonds. The van der Waals surface area contributed by atoms with Gasteiger partial charge in [-0.3, -0.25) is 9.59 Å². The summed E-state index contributed by atoms with van der Waals surface area (Å²) in [6, 6.07) is 16.1. The zero-order valence-electron chi connectivity index (χ0n) is 19.8. The Labute approximate surface area is 207 Å². The Balaban J connectivity index is 1.87. The maximum Gasteiger partial charge on any atom is 0.336 e. The Kier molecular flexibility index (Phi) is 8.25. The van der Waals surface area contributed by atoms with Crippen LogP contribution in [0, 0.1) is 0 Å². The summed E-state index contributed by atoms with van der Waals surface area (Å²) in [5.74, 6) is -1.45. The van der Waals surface area contributed by atoms with Crippen LogP contribution in [0.1, 0.15) is 36.1 Å². The van der Waals surface area contributed by atoms with E-state index in [0.29, 0.717) is 16.7 Å². The molecule has 0 aliphatic heterocycles. The number of aliphatic carboxylic acids is 1. The number of methoxy groups -OCH3 is 1. The van der Waals surface area contributed by atoms with E-state index in [-0.39, 0.29) is 28.6 Å². The van der Waals surface area contributed by atoms with Crippen LogP contribution < -0.4 is 14.2 Å². The Hall–Kier alpha value is -4.85. The summed E-state index contributed by atoms with van der Waals surface area (Å²) in [7, 11) is 1.41. The SMILES string of the molecule is COc1cc(/C=C(/C(=O)O)c2ccc(/C=C/c3cc(OC(C)=O)cc(OC(C)=O)c3)cc2)ccc1O. The quantitative estimate of drug-likeness (QED) is 0.196. The fraction of sp³-hybridized carbons (Fsp3) is 0.107. The van der Waals surface area contributed by atoms with Crippen molar-refractivity contribution in [3.63, 3.8) is 0 Å². The van der Waals surface area contributed by atoms with Crippen molar-refractivity contribution in [2.75, 3.05) is 7.11 Å². The summed E-state index contributed by atoms with van der Waals surface area (Å²) >= 11 is 0. The minimum Gasteiger partial charge on any atom is -0.504 e. The van der Waals surface area contributed by atoms with E-state index >= 15 is 0 Å². The molecule has 184 valence electrons. The van der Waals surface area contributed by atoms with Gasteiger partial charge in [-0.05, 0) is 52.6 Å². The number of esters is 2. The third-order valence-corrected chi connectivity index (χ3v) is 4.86. The molecule has 36 heavy (non-hydrogen) atoms. The average Bonchev–Trinajstić information content (AvgIpc) is 2.81. The standard InChI is InChI=1S/C28H24O8/c1-17(29)35-23-12-20(13-24(16-23)36-18(2)30)5-4-19-6-9-22(10-7-19)25(28(32)33)14-21-8-11-26(31)27(15-21)34-3/h4-16,31H,1-3H3,(H,32,33)/b5-4+,25-14+. The molecular formula is C28H24O8. The number of phenolic OH excluding ortho intramolecular Hbond substituents is 1. The van der Waals surface area contributed by atoms with Gasteiger partial charge in [0.25, 0.3) is 0 Å². The number of hydrogen-bond donors (Lipinski definition) is 2. The third-order valence-electron chi connectivity index (χ3n) is 4.86. The smallest absolute Gasteiger partial charge is 0.336 e. The minimum absolute atomic E-state index is 0.0407. The molecule has 8 nitrogen and oxygen atoms in total. The Morgan fingerprint density at radius 2 is 1.31 bits per heavy atom. The van der Waals surface area contributed by atoms with Crippen molar-refractivity contribution in [2.24, 2.45) is 0 Å². The molecule has 0 aromatic heterocycles. The van der Waals surface area contributed by atoms with Gasteiger partial charge in [-0.25, -0.2) is 4.79 Å². The second kappa shape index (κ2) is 11.5. The summed E-state index contributed by atoms with van der Waals surface area (Å²) in [6.07, 6.45) is 5.01. The molecule has 0 fully saturated rings. The van der Waals surface area contributed by atoms with Crippen molar-refractivity contribution in [1.29, 1.82) is 0 Å². The van der Waals surface area contributed by atoms with E-state index in [4.69, 9.17) is 14.2 Å². The first-order chi connectivity index (χ1) is 17.1. The largest absolute Gasteiger partial charge is 0.504 e. The molecule has 0 aliphatic carbocycles. The Bertz CT molecular complexity index is 1320. The molecule has 0 atom stereocenters. The molecule has 0 spiro atoms. The second-order valence-electron chi connectivity index (χ2n) is 7.67. The Morgan fingerprint density at radius 1 is 0.750 bits per heavy atom. The fourth-order valence-electron chi connectivity index (χ4n) is 3.33. The highest BCUT2D eigenvalue weighted by atomic mass is 16.5. The van der Waals surface area contributed by atoms with Crippen LogP contribution in [0.5, 0.6) is 23.0 Å². The number of carbonyl (C=O) groups is 3. The molecule has 0 saturated heterocycles. The number of benzene rings is 3. The summed E-state index contributed by atoms with van der Waals surface area (Å²) in [5, 5.41) is 19.5. The van der Waals surface area contributed by atoms with Crippen molar-refractivity contribution in [3.05, 3.63) is 82.9 Å². The van der Waals surface area contributed by atoms with Crippen LogP contribution in [-0.4, -0.2) is 35.2 Å². The number of carbonyl (C=O) groups excluding carboxylic acids is 2. The highest BCUT2D eigenvalue weighted by molar-refractivity contribution is 6.20. The van der Waals surface area contributed by atoms with Crippen LogP contribution in [0.15, 0.2) is 60.7 Å². The van der Waals surface area contributed by atoms with Crippen LogP contribution in [0.3, 0.4) is 0 Å². The second-order valence-corrected chi connectivity index (χ2v) is 7.67. The zero-order chi connectivity index (χ0) is 26.2. The molecule has 8 heteroatoms. The van der Waals surface area contributed by atoms with Gasteiger partial charge in [0.2, 0.25) is 0 Å². The first-order valence-electron chi connectivity index (χ1n) is 10.8. The van der Waals surface area contributed by atoms with Gasteiger partial charge in [-0.2, -0.15) is 0 Å². The third kappa shape index (κ3) is 7.07. The van der Waals surface area contributed by atoms with Crippen molar-refractivity contribution in [1.82, 2.24) is 0 Å². The normalized spacial score (nSPS) is 11.2. The number of rotatable bonds is 8. The molecule has 0 radical (unpaired) electrons. The summed E-state index contributed by atoms with van der Waals surface area (Å²) in [5.41, 5.74) is 2.52. The molecule has 0 bridgehead atoms. The first kappa shape index (κ1) is 25.8. The van der Waals surface area contributed by atoms with E-state index in [1.54, 1.807) is 60.7 Å². The maximum absolute atomic E-state index is 11.9. The van der Waals surface area contributed by atoms with E-state index in [1.165, 1.54) is 39.2 Å². The van der Waals surface area contributed by atoms with Crippen LogP contribution in [0.2, 0.25) is 0 Å². The highest BCUT2D eigenvalue weighted by Crippen LogP contribution is 2.29. The van der Waals surface area contributed by atoms with Gasteiger partial charge < -0.3 is 24.4 Å². The summed E-state index contributed by atoms with van der Waals surface area (Å²) < 4.78 is 15.3. The van der Waals surface area contributed by atoms with Gasteiger partial charge in [0.15, 0.2) is 11.5 Å². The monoisotopic (exact) mass is 488 g/mol. The van der Waals surface area contributed by atoms with Gasteiger partial charge in [0.05, 0.1) is 12.7 Å². The highest BCUT2D eigenvalue weighted by Gasteiger charge is 2.12. The van der Waals surface area contributed by atoms with Gasteiger partial charge in [-0.1, -0.05) is 42.5 Å². The molecular weight excluding hydrogens is 464 g/mol. The van der Waals surface area contributed by atoms with Crippen LogP contribution in [0.25, 0.3) is 23.8 Å². The molecule has 0 aliphatic rings. The minimum atomic E-state index is -1.11. The summed E-state index contributed by atoms with van der Waals surface area (Å²) in [6.45, 7) is 2.54. The van der Waals surface area contributed by atoms with Crippen molar-refractivity contribution in [2.45, 2.75) is 13.8 Å². The first-order valence-corrected chi connectivity index (χ1v) is 10.8. The predicted octanol–water partition coefficient (Wildman–Crippen LogP) is 5.05. The van der Waals surface area contributed by atoms with Crippen LogP contribution >= 0.6 is 0 Å². The molecule has 0 unspecified atom stereocenters. The van der Waals surface area contributed by atoms with Gasteiger partial charge in [-0.15, -0.1) is 0 Å². The molecule has 3 aromatic rings. The molecule has 3 rings (SSSR count). The average molecular weight is 488 g/mol. The summed E-state index contributed by atoms with van der Waals surface area (Å²) in [4.78, 5) is 34.5. The number of ether oxygens (including phenoxy) is 3. The number of aromatic hydroxyl groups is 1. The number of carboxylic acid groups (broad SMARTS) is 1. The lowest BCUT2D eigenvalue weighted by molar-refractivity contribution is -0.132. The molecule has 0 saturated carbocycles. The van der Waals surface area contributed by atoms with E-state index in [0.717, 1.165) is 5.56 Å². The predicted molar refractivity (Wildman–Crippen MR) is 135 cm³/mol. The number of phenols is 1. The fourth-order valence-corrected chi connectivity index (χ4v) is 3.33. The molecule has 3 aromatic carbocycles. The van der Waals surface area contributed by atoms with Crippen LogP contribution in [0.4, 0.5) is 0 Å². The Morgan fingerprint density at radius 3 is 1.83 bits per heavy atom. The van der Waals surface area contributed by atoms with Crippen LogP contribution in [-0.2, 0) is 14.4 Å². The van der Waals surface area contributed by atoms with Gasteiger partial charge in [0.1, 0.15) is 11.5 Å². The van der Waals surface area contributed by atoms with E-state index in [2.05, 4.69) is 0 Å². The van der Waals surface area contributed by atoms with E-state index in [1.807, 2.05) is 0 Å². The topological polar surface area (TPSA) is 119 Å². The maximum atomic E-state index is 11.9. The number of carboxylic acids is 1. The lowest BCUT2D eigenvalue weighted by Gasteiger charge is -2.08. The van der Waals surface area contributed by atoms with E-state index < -0.39 is 17.9 Å². The molecule has 0 heterocycles. The molecule has 2 N–H and O–H groups in total. The van der Waals surface area contributed by atoms with Crippen molar-refractivity contribution >= 4 is 41.7 Å². The lowest BCUT2D eigenvalue weighted by atomic mass is 10.0. The van der Waals surface area contributed by atoms with Gasteiger partial charge >= 0.3 is 17.9 Å². The number of hydrogen-bond acceptors (Lipinski definition) is 7. The van der Waals surface area contributed by atoms with Gasteiger partial charge in [0, 0.05) is 19.9 Å². The van der Waals surface area contributed by atoms with E-state index in [9.17, 15) is 24.6 Å². The van der Waals surface area contributed by atoms with Crippen molar-refractivity contribution in [3.8, 4) is 23.0 Å². The van der Waals surface area contributed by atoms with Crippen molar-refractivity contribution < 1.29 is 38.8 Å².